The maximum Gasteiger partial charge on any atom is 0.418 e. The molecule has 0 aliphatic heterocycles. The zero-order valence-electron chi connectivity index (χ0n) is 15.7. The Morgan fingerprint density at radius 2 is 1.73 bits per heavy atom. The highest BCUT2D eigenvalue weighted by Crippen LogP contribution is 2.37. The first-order chi connectivity index (χ1) is 14.3. The van der Waals surface area contributed by atoms with Crippen molar-refractivity contribution in [2.45, 2.75) is 13.1 Å². The Morgan fingerprint density at radius 1 is 1.07 bits per heavy atom. The van der Waals surface area contributed by atoms with Crippen molar-refractivity contribution in [2.75, 3.05) is 17.2 Å². The van der Waals surface area contributed by atoms with Crippen LogP contribution in [0.5, 0.6) is 0 Å². The van der Waals surface area contributed by atoms with Gasteiger partial charge in [-0.1, -0.05) is 42.5 Å². The molecule has 3 rings (SSSR count). The lowest BCUT2D eigenvalue weighted by Crippen LogP contribution is -2.22. The molecule has 0 saturated carbocycles. The maximum atomic E-state index is 13.2. The van der Waals surface area contributed by atoms with Gasteiger partial charge in [-0.3, -0.25) is 0 Å². The van der Waals surface area contributed by atoms with Crippen LogP contribution in [0.1, 0.15) is 22.8 Å². The summed E-state index contributed by atoms with van der Waals surface area (Å²) in [7, 11) is 0. The second kappa shape index (κ2) is 9.27. The van der Waals surface area contributed by atoms with E-state index in [9.17, 15) is 18.0 Å². The van der Waals surface area contributed by atoms with Gasteiger partial charge in [0.2, 0.25) is 0 Å². The van der Waals surface area contributed by atoms with Crippen LogP contribution in [0.4, 0.5) is 23.9 Å². The summed E-state index contributed by atoms with van der Waals surface area (Å²) >= 11 is 6.46. The molecule has 0 spiro atoms. The quantitative estimate of drug-likeness (QED) is 0.347. The van der Waals surface area contributed by atoms with Crippen molar-refractivity contribution in [1.29, 1.82) is 0 Å². The summed E-state index contributed by atoms with van der Waals surface area (Å²) in [6, 6.07) is 16.1. The van der Waals surface area contributed by atoms with E-state index in [1.54, 1.807) is 13.0 Å². The van der Waals surface area contributed by atoms with Crippen molar-refractivity contribution in [2.24, 2.45) is 0 Å². The molecule has 30 heavy (non-hydrogen) atoms. The lowest BCUT2D eigenvalue weighted by molar-refractivity contribution is -0.136. The molecule has 0 aliphatic rings. The Morgan fingerprint density at radius 3 is 2.40 bits per heavy atom. The van der Waals surface area contributed by atoms with Gasteiger partial charge in [-0.2, -0.15) is 13.2 Å². The van der Waals surface area contributed by atoms with E-state index in [0.29, 0.717) is 5.00 Å². The molecule has 9 heteroatoms. The SMILES string of the molecule is CCOC(=O)c1cc(-c2ccccc2)sc1NC(=S)Nc1ccccc1C(F)(F)F. The van der Waals surface area contributed by atoms with E-state index in [0.717, 1.165) is 16.5 Å². The van der Waals surface area contributed by atoms with Crippen LogP contribution in [0.15, 0.2) is 60.7 Å². The number of hydrogen-bond donors (Lipinski definition) is 2. The Bertz CT molecular complexity index is 1050. The zero-order valence-corrected chi connectivity index (χ0v) is 17.4. The summed E-state index contributed by atoms with van der Waals surface area (Å²) in [4.78, 5) is 13.2. The predicted molar refractivity (Wildman–Crippen MR) is 117 cm³/mol. The molecular weight excluding hydrogens is 433 g/mol. The summed E-state index contributed by atoms with van der Waals surface area (Å²) in [5.41, 5.74) is 0.132. The Kier molecular flexibility index (Phi) is 6.73. The number of carbonyl (C=O) groups is 1. The average Bonchev–Trinajstić information content (AvgIpc) is 3.12. The fourth-order valence-corrected chi connectivity index (χ4v) is 4.02. The normalized spacial score (nSPS) is 11.1. The van der Waals surface area contributed by atoms with Gasteiger partial charge in [0, 0.05) is 4.88 Å². The van der Waals surface area contributed by atoms with Gasteiger partial charge in [-0.15, -0.1) is 11.3 Å². The molecule has 2 N–H and O–H groups in total. The molecule has 0 bridgehead atoms. The van der Waals surface area contributed by atoms with Gasteiger partial charge in [0.1, 0.15) is 5.00 Å². The van der Waals surface area contributed by atoms with Crippen LogP contribution in [0.25, 0.3) is 10.4 Å². The number of anilines is 2. The van der Waals surface area contributed by atoms with Crippen LogP contribution < -0.4 is 10.6 Å². The molecule has 0 amide bonds. The van der Waals surface area contributed by atoms with Crippen LogP contribution in [0.3, 0.4) is 0 Å². The number of thiocarbonyl (C=S) groups is 1. The van der Waals surface area contributed by atoms with Crippen LogP contribution >= 0.6 is 23.6 Å². The minimum Gasteiger partial charge on any atom is -0.462 e. The molecule has 0 fully saturated rings. The average molecular weight is 451 g/mol. The van der Waals surface area contributed by atoms with E-state index in [2.05, 4.69) is 10.6 Å². The summed E-state index contributed by atoms with van der Waals surface area (Å²) in [6.07, 6.45) is -4.53. The number of thiophene rings is 1. The van der Waals surface area contributed by atoms with E-state index < -0.39 is 17.7 Å². The summed E-state index contributed by atoms with van der Waals surface area (Å²) in [5.74, 6) is -0.545. The third-order valence-corrected chi connectivity index (χ3v) is 5.30. The van der Waals surface area contributed by atoms with Gasteiger partial charge in [-0.05, 0) is 42.9 Å². The van der Waals surface area contributed by atoms with E-state index in [1.165, 1.54) is 29.5 Å². The molecule has 3 aromatic rings. The number of alkyl halides is 3. The van der Waals surface area contributed by atoms with Crippen molar-refractivity contribution in [3.05, 3.63) is 71.8 Å². The minimum atomic E-state index is -4.53. The van der Waals surface area contributed by atoms with Gasteiger partial charge in [0.15, 0.2) is 5.11 Å². The van der Waals surface area contributed by atoms with Crippen molar-refractivity contribution >= 4 is 45.3 Å². The number of nitrogens with one attached hydrogen (secondary N) is 2. The second-order valence-electron chi connectivity index (χ2n) is 6.06. The summed E-state index contributed by atoms with van der Waals surface area (Å²) < 4.78 is 44.7. The molecule has 1 heterocycles. The maximum absolute atomic E-state index is 13.2. The van der Waals surface area contributed by atoms with Crippen LogP contribution in [0.2, 0.25) is 0 Å². The Balaban J connectivity index is 1.88. The lowest BCUT2D eigenvalue weighted by Gasteiger charge is -2.15. The molecule has 4 nitrogen and oxygen atoms in total. The van der Waals surface area contributed by atoms with Gasteiger partial charge in [0.25, 0.3) is 0 Å². The van der Waals surface area contributed by atoms with E-state index in [4.69, 9.17) is 17.0 Å². The molecule has 0 saturated heterocycles. The third kappa shape index (κ3) is 5.17. The zero-order chi connectivity index (χ0) is 21.7. The second-order valence-corrected chi connectivity index (χ2v) is 7.52. The number of esters is 1. The van der Waals surface area contributed by atoms with Crippen molar-refractivity contribution in [3.8, 4) is 10.4 Å². The number of carbonyl (C=O) groups excluding carboxylic acids is 1. The fourth-order valence-electron chi connectivity index (χ4n) is 2.69. The highest BCUT2D eigenvalue weighted by atomic mass is 32.1. The van der Waals surface area contributed by atoms with Gasteiger partial charge >= 0.3 is 12.1 Å². The van der Waals surface area contributed by atoms with Crippen molar-refractivity contribution in [3.63, 3.8) is 0 Å². The van der Waals surface area contributed by atoms with E-state index in [-0.39, 0.29) is 23.0 Å². The van der Waals surface area contributed by atoms with E-state index >= 15 is 0 Å². The highest BCUT2D eigenvalue weighted by Gasteiger charge is 2.33. The molecule has 0 atom stereocenters. The molecule has 0 radical (unpaired) electrons. The first-order valence-corrected chi connectivity index (χ1v) is 10.1. The topological polar surface area (TPSA) is 50.4 Å². The highest BCUT2D eigenvalue weighted by molar-refractivity contribution is 7.80. The summed E-state index contributed by atoms with van der Waals surface area (Å²) in [6.45, 7) is 1.88. The van der Waals surface area contributed by atoms with Gasteiger partial charge in [0.05, 0.1) is 23.4 Å². The van der Waals surface area contributed by atoms with E-state index in [1.807, 2.05) is 30.3 Å². The van der Waals surface area contributed by atoms with Crippen molar-refractivity contribution < 1.29 is 22.7 Å². The van der Waals surface area contributed by atoms with Crippen LogP contribution in [-0.4, -0.2) is 17.7 Å². The first-order valence-electron chi connectivity index (χ1n) is 8.90. The number of para-hydroxylation sites is 1. The number of benzene rings is 2. The smallest absolute Gasteiger partial charge is 0.418 e. The fraction of sp³-hybridized carbons (Fsp3) is 0.143. The predicted octanol–water partition coefficient (Wildman–Crippen LogP) is 6.42. The van der Waals surface area contributed by atoms with Crippen LogP contribution in [0, 0.1) is 0 Å². The molecular formula is C21H17F3N2O2S2. The number of hydrogen-bond acceptors (Lipinski definition) is 4. The van der Waals surface area contributed by atoms with Crippen molar-refractivity contribution in [1.82, 2.24) is 0 Å². The molecule has 1 aromatic heterocycles. The standard InChI is InChI=1S/C21H17F3N2O2S2/c1-2-28-19(27)14-12-17(13-8-4-3-5-9-13)30-18(14)26-20(29)25-16-11-7-6-10-15(16)21(22,23)24/h3-12H,2H2,1H3,(H2,25,26,29). The number of rotatable bonds is 5. The molecule has 0 aliphatic carbocycles. The lowest BCUT2D eigenvalue weighted by atomic mass is 10.1. The molecule has 156 valence electrons. The first kappa shape index (κ1) is 21.8. The van der Waals surface area contributed by atoms with Gasteiger partial charge < -0.3 is 15.4 Å². The Labute approximate surface area is 180 Å². The minimum absolute atomic E-state index is 0.0706. The monoisotopic (exact) mass is 450 g/mol. The number of ether oxygens (including phenoxy) is 1. The largest absolute Gasteiger partial charge is 0.462 e. The van der Waals surface area contributed by atoms with Crippen LogP contribution in [-0.2, 0) is 10.9 Å². The Hall–Kier alpha value is -2.91. The molecule has 0 unspecified atom stereocenters. The van der Waals surface area contributed by atoms with Gasteiger partial charge in [-0.25, -0.2) is 4.79 Å². The number of halogens is 3. The summed E-state index contributed by atoms with van der Waals surface area (Å²) in [5, 5.41) is 5.72. The molecule has 2 aromatic carbocycles. The third-order valence-electron chi connectivity index (χ3n) is 3.99.